The molecule has 0 unspecified atom stereocenters. The predicted molar refractivity (Wildman–Crippen MR) is 103 cm³/mol. The average molecular weight is 334 g/mol. The number of amides is 1. The van der Waals surface area contributed by atoms with Gasteiger partial charge < -0.3 is 4.90 Å². The molecule has 2 aromatic carbocycles. The molecule has 0 aromatic heterocycles. The van der Waals surface area contributed by atoms with Crippen molar-refractivity contribution < 1.29 is 4.79 Å². The highest BCUT2D eigenvalue weighted by molar-refractivity contribution is 5.87. The number of nitrogens with zero attached hydrogens (tertiary/aromatic N) is 1. The summed E-state index contributed by atoms with van der Waals surface area (Å²) in [6, 6.07) is 20.3. The van der Waals surface area contributed by atoms with E-state index in [1.165, 1.54) is 12.8 Å². The van der Waals surface area contributed by atoms with Gasteiger partial charge in [0.15, 0.2) is 0 Å². The van der Waals surface area contributed by atoms with Crippen molar-refractivity contribution in [2.45, 2.75) is 38.0 Å². The van der Waals surface area contributed by atoms with E-state index in [2.05, 4.69) is 36.1 Å². The molecule has 1 aliphatic heterocycles. The molecule has 1 fully saturated rings. The van der Waals surface area contributed by atoms with E-state index in [0.717, 1.165) is 49.4 Å². The Morgan fingerprint density at radius 2 is 1.48 bits per heavy atom. The Morgan fingerprint density at radius 3 is 1.96 bits per heavy atom. The summed E-state index contributed by atoms with van der Waals surface area (Å²) in [4.78, 5) is 15.4. The molecule has 1 heterocycles. The Morgan fingerprint density at radius 1 is 0.960 bits per heavy atom. The van der Waals surface area contributed by atoms with Crippen LogP contribution in [-0.2, 0) is 4.79 Å². The number of piperidine rings is 1. The summed E-state index contributed by atoms with van der Waals surface area (Å²) in [6.45, 7) is 5.71. The van der Waals surface area contributed by atoms with Crippen LogP contribution in [0, 0.1) is 12.8 Å². The molecule has 0 N–H and O–H groups in total. The van der Waals surface area contributed by atoms with Crippen molar-refractivity contribution in [3.05, 3.63) is 78.7 Å². The van der Waals surface area contributed by atoms with Crippen molar-refractivity contribution >= 4 is 5.91 Å². The van der Waals surface area contributed by atoms with Crippen LogP contribution in [0.5, 0.6) is 0 Å². The van der Waals surface area contributed by atoms with Crippen LogP contribution in [0.3, 0.4) is 0 Å². The summed E-state index contributed by atoms with van der Waals surface area (Å²) in [7, 11) is 0. The molecule has 1 radical (unpaired) electrons. The molecule has 0 bridgehead atoms. The Labute approximate surface area is 151 Å². The standard InChI is InChI=1S/C23H28NO/c1-2-3-10-19-15-17-24(18-16-19)23(25)22(20-11-6-4-7-12-20)21-13-8-5-9-14-21/h4-9,11-14,19,22H,1-3,10,15-18H2. The van der Waals surface area contributed by atoms with E-state index in [1.807, 2.05) is 36.4 Å². The van der Waals surface area contributed by atoms with E-state index in [0.29, 0.717) is 0 Å². The van der Waals surface area contributed by atoms with Crippen LogP contribution >= 0.6 is 0 Å². The normalized spacial score (nSPS) is 15.5. The maximum Gasteiger partial charge on any atom is 0.234 e. The second-order valence-corrected chi connectivity index (χ2v) is 7.02. The van der Waals surface area contributed by atoms with E-state index in [1.54, 1.807) is 0 Å². The molecule has 3 rings (SSSR count). The first-order valence-corrected chi connectivity index (χ1v) is 9.47. The summed E-state index contributed by atoms with van der Waals surface area (Å²) < 4.78 is 0. The molecule has 2 aromatic rings. The van der Waals surface area contributed by atoms with Crippen LogP contribution in [0.1, 0.15) is 49.1 Å². The van der Waals surface area contributed by atoms with Gasteiger partial charge in [0.05, 0.1) is 5.92 Å². The summed E-state index contributed by atoms with van der Waals surface area (Å²) in [6.07, 6.45) is 5.73. The van der Waals surface area contributed by atoms with Crippen LogP contribution in [-0.4, -0.2) is 23.9 Å². The van der Waals surface area contributed by atoms with Crippen molar-refractivity contribution in [2.24, 2.45) is 5.92 Å². The number of rotatable bonds is 6. The minimum atomic E-state index is -0.196. The minimum absolute atomic E-state index is 0.196. The number of hydrogen-bond acceptors (Lipinski definition) is 1. The molecular formula is C23H28NO. The molecule has 0 spiro atoms. The van der Waals surface area contributed by atoms with Gasteiger partial charge in [0.2, 0.25) is 5.91 Å². The summed E-state index contributed by atoms with van der Waals surface area (Å²) in [5.41, 5.74) is 2.16. The van der Waals surface area contributed by atoms with Gasteiger partial charge in [-0.3, -0.25) is 4.79 Å². The fourth-order valence-corrected chi connectivity index (χ4v) is 3.83. The van der Waals surface area contributed by atoms with E-state index in [9.17, 15) is 4.79 Å². The topological polar surface area (TPSA) is 20.3 Å². The fourth-order valence-electron chi connectivity index (χ4n) is 3.83. The average Bonchev–Trinajstić information content (AvgIpc) is 2.68. The Balaban J connectivity index is 1.75. The zero-order valence-electron chi connectivity index (χ0n) is 14.9. The van der Waals surface area contributed by atoms with Gasteiger partial charge >= 0.3 is 0 Å². The second kappa shape index (κ2) is 8.84. The summed E-state index contributed by atoms with van der Waals surface area (Å²) in [5, 5.41) is 0. The number of carbonyl (C=O) groups is 1. The van der Waals surface area contributed by atoms with Gasteiger partial charge in [-0.15, -0.1) is 0 Å². The molecule has 1 aliphatic rings. The van der Waals surface area contributed by atoms with E-state index in [4.69, 9.17) is 0 Å². The van der Waals surface area contributed by atoms with Gasteiger partial charge in [-0.2, -0.15) is 0 Å². The lowest BCUT2D eigenvalue weighted by atomic mass is 9.87. The molecule has 0 aliphatic carbocycles. The van der Waals surface area contributed by atoms with E-state index >= 15 is 0 Å². The highest BCUT2D eigenvalue weighted by Gasteiger charge is 2.30. The van der Waals surface area contributed by atoms with Crippen LogP contribution in [0.2, 0.25) is 0 Å². The maximum absolute atomic E-state index is 13.3. The van der Waals surface area contributed by atoms with E-state index < -0.39 is 0 Å². The van der Waals surface area contributed by atoms with Crippen LogP contribution in [0.15, 0.2) is 60.7 Å². The smallest absolute Gasteiger partial charge is 0.234 e. The van der Waals surface area contributed by atoms with Crippen molar-refractivity contribution in [1.29, 1.82) is 0 Å². The summed E-state index contributed by atoms with van der Waals surface area (Å²) in [5.74, 6) is 0.810. The minimum Gasteiger partial charge on any atom is -0.342 e. The number of carbonyl (C=O) groups excluding carboxylic acids is 1. The zero-order chi connectivity index (χ0) is 17.5. The summed E-state index contributed by atoms with van der Waals surface area (Å²) >= 11 is 0. The second-order valence-electron chi connectivity index (χ2n) is 7.02. The lowest BCUT2D eigenvalue weighted by Crippen LogP contribution is -2.41. The van der Waals surface area contributed by atoms with Crippen molar-refractivity contribution in [1.82, 2.24) is 4.90 Å². The maximum atomic E-state index is 13.3. The molecule has 2 nitrogen and oxygen atoms in total. The largest absolute Gasteiger partial charge is 0.342 e. The van der Waals surface area contributed by atoms with Gasteiger partial charge in [0.1, 0.15) is 0 Å². The first-order valence-electron chi connectivity index (χ1n) is 9.47. The SMILES string of the molecule is [CH2]CCCC1CCN(C(=O)C(c2ccccc2)c2ccccc2)CC1. The molecule has 0 atom stereocenters. The zero-order valence-corrected chi connectivity index (χ0v) is 14.9. The molecule has 25 heavy (non-hydrogen) atoms. The number of benzene rings is 2. The molecule has 0 saturated carbocycles. The fraction of sp³-hybridized carbons (Fsp3) is 0.391. The highest BCUT2D eigenvalue weighted by Crippen LogP contribution is 2.30. The first kappa shape index (κ1) is 17.7. The van der Waals surface area contributed by atoms with Crippen molar-refractivity contribution in [3.8, 4) is 0 Å². The lowest BCUT2D eigenvalue weighted by Gasteiger charge is -2.34. The molecule has 2 heteroatoms. The third-order valence-electron chi connectivity index (χ3n) is 5.30. The van der Waals surface area contributed by atoms with E-state index in [-0.39, 0.29) is 11.8 Å². The highest BCUT2D eigenvalue weighted by atomic mass is 16.2. The van der Waals surface area contributed by atoms with Crippen molar-refractivity contribution in [2.75, 3.05) is 13.1 Å². The van der Waals surface area contributed by atoms with Crippen molar-refractivity contribution in [3.63, 3.8) is 0 Å². The molecular weight excluding hydrogens is 306 g/mol. The number of hydrogen-bond donors (Lipinski definition) is 0. The Hall–Kier alpha value is -2.09. The monoisotopic (exact) mass is 334 g/mol. The predicted octanol–water partition coefficient (Wildman–Crippen LogP) is 5.06. The van der Waals surface area contributed by atoms with Crippen LogP contribution in [0.4, 0.5) is 0 Å². The van der Waals surface area contributed by atoms with Gasteiger partial charge in [-0.05, 0) is 29.9 Å². The van der Waals surface area contributed by atoms with Gasteiger partial charge in [-0.25, -0.2) is 0 Å². The third kappa shape index (κ3) is 4.50. The molecule has 131 valence electrons. The quantitative estimate of drug-likeness (QED) is 0.723. The lowest BCUT2D eigenvalue weighted by molar-refractivity contribution is -0.133. The van der Waals surface area contributed by atoms with Crippen LogP contribution in [0.25, 0.3) is 0 Å². The molecule has 1 saturated heterocycles. The Bertz CT molecular complexity index is 605. The third-order valence-corrected chi connectivity index (χ3v) is 5.30. The Kier molecular flexibility index (Phi) is 6.27. The number of likely N-dealkylation sites (tertiary alicyclic amines) is 1. The number of unbranched alkanes of at least 4 members (excludes halogenated alkanes) is 1. The van der Waals surface area contributed by atoms with Gasteiger partial charge in [0.25, 0.3) is 0 Å². The molecule has 1 amide bonds. The van der Waals surface area contributed by atoms with Gasteiger partial charge in [-0.1, -0.05) is 86.8 Å². The van der Waals surface area contributed by atoms with Crippen LogP contribution < -0.4 is 0 Å². The first-order chi connectivity index (χ1) is 12.3. The van der Waals surface area contributed by atoms with Gasteiger partial charge in [0, 0.05) is 13.1 Å².